The summed E-state index contributed by atoms with van der Waals surface area (Å²) in [5.41, 5.74) is 4.86. The van der Waals surface area contributed by atoms with E-state index in [4.69, 9.17) is 0 Å². The summed E-state index contributed by atoms with van der Waals surface area (Å²) in [5, 5.41) is 13.7. The molecular weight excluding hydrogens is 394 g/mol. The van der Waals surface area contributed by atoms with Gasteiger partial charge in [-0.1, -0.05) is 6.07 Å². The number of piperazine rings is 1. The van der Waals surface area contributed by atoms with Gasteiger partial charge in [-0.3, -0.25) is 14.5 Å². The number of aromatic nitrogens is 3. The smallest absolute Gasteiger partial charge is 0.247 e. The second kappa shape index (κ2) is 7.05. The van der Waals surface area contributed by atoms with Gasteiger partial charge < -0.3 is 16.0 Å². The first-order valence-corrected chi connectivity index (χ1v) is 10.4. The van der Waals surface area contributed by atoms with Crippen molar-refractivity contribution in [3.05, 3.63) is 47.2 Å². The van der Waals surface area contributed by atoms with Crippen molar-refractivity contribution in [3.63, 3.8) is 0 Å². The summed E-state index contributed by atoms with van der Waals surface area (Å²) in [6.45, 7) is 8.34. The third-order valence-electron chi connectivity index (χ3n) is 5.97. The van der Waals surface area contributed by atoms with Crippen LogP contribution in [0.3, 0.4) is 0 Å². The lowest BCUT2D eigenvalue weighted by atomic mass is 9.83. The van der Waals surface area contributed by atoms with Crippen LogP contribution in [-0.4, -0.2) is 50.9 Å². The van der Waals surface area contributed by atoms with Gasteiger partial charge in [-0.2, -0.15) is 4.98 Å². The van der Waals surface area contributed by atoms with Crippen LogP contribution in [0.2, 0.25) is 0 Å². The number of rotatable bonds is 4. The lowest BCUT2D eigenvalue weighted by Crippen LogP contribution is -2.47. The Kier molecular flexibility index (Phi) is 4.44. The molecule has 0 unspecified atom stereocenters. The van der Waals surface area contributed by atoms with E-state index in [1.165, 1.54) is 0 Å². The van der Waals surface area contributed by atoms with E-state index >= 15 is 0 Å². The van der Waals surface area contributed by atoms with E-state index in [1.54, 1.807) is 4.52 Å². The minimum atomic E-state index is -0.542. The lowest BCUT2D eigenvalue weighted by molar-refractivity contribution is -0.124. The van der Waals surface area contributed by atoms with E-state index in [-0.39, 0.29) is 11.8 Å². The van der Waals surface area contributed by atoms with Crippen LogP contribution in [0.1, 0.15) is 30.7 Å². The van der Waals surface area contributed by atoms with Gasteiger partial charge in [-0.05, 0) is 56.2 Å². The maximum Gasteiger partial charge on any atom is 0.247 e. The topological polar surface area (TPSA) is 104 Å². The van der Waals surface area contributed by atoms with Gasteiger partial charge in [0, 0.05) is 31.0 Å². The molecule has 0 radical (unpaired) electrons. The van der Waals surface area contributed by atoms with E-state index < -0.39 is 5.41 Å². The second-order valence-electron chi connectivity index (χ2n) is 8.70. The van der Waals surface area contributed by atoms with Crippen LogP contribution in [0, 0.1) is 6.92 Å². The second-order valence-corrected chi connectivity index (χ2v) is 8.70. The van der Waals surface area contributed by atoms with Gasteiger partial charge in [-0.15, -0.1) is 5.10 Å². The fraction of sp³-hybridized carbons (Fsp3) is 0.364. The molecule has 2 aromatic heterocycles. The lowest BCUT2D eigenvalue weighted by Gasteiger charge is -2.26. The van der Waals surface area contributed by atoms with Gasteiger partial charge in [0.15, 0.2) is 5.65 Å². The number of nitrogens with zero attached hydrogens (tertiary/aromatic N) is 4. The van der Waals surface area contributed by atoms with Crippen LogP contribution in [-0.2, 0) is 21.5 Å². The number of benzene rings is 1. The van der Waals surface area contributed by atoms with E-state index in [0.717, 1.165) is 40.4 Å². The zero-order chi connectivity index (χ0) is 21.8. The molecule has 4 heterocycles. The first-order chi connectivity index (χ1) is 14.8. The molecule has 160 valence electrons. The van der Waals surface area contributed by atoms with Crippen molar-refractivity contribution in [2.45, 2.75) is 32.7 Å². The molecule has 31 heavy (non-hydrogen) atoms. The molecule has 1 fully saturated rings. The molecule has 5 rings (SSSR count). The van der Waals surface area contributed by atoms with Crippen LogP contribution in [0.15, 0.2) is 30.3 Å². The summed E-state index contributed by atoms with van der Waals surface area (Å²) in [4.78, 5) is 30.7. The Morgan fingerprint density at radius 1 is 1.23 bits per heavy atom. The van der Waals surface area contributed by atoms with E-state index in [0.29, 0.717) is 25.6 Å². The molecule has 3 aromatic rings. The summed E-state index contributed by atoms with van der Waals surface area (Å²) in [7, 11) is 0. The molecule has 0 atom stereocenters. The number of nitrogens with one attached hydrogen (secondary N) is 3. The highest BCUT2D eigenvalue weighted by atomic mass is 16.2. The van der Waals surface area contributed by atoms with Gasteiger partial charge in [0.2, 0.25) is 17.8 Å². The number of hydrogen-bond donors (Lipinski definition) is 3. The number of pyridine rings is 1. The third kappa shape index (κ3) is 3.40. The van der Waals surface area contributed by atoms with Gasteiger partial charge in [-0.25, -0.2) is 4.52 Å². The van der Waals surface area contributed by atoms with Crippen molar-refractivity contribution in [3.8, 4) is 0 Å². The Balaban J connectivity index is 1.42. The van der Waals surface area contributed by atoms with Crippen molar-refractivity contribution in [2.75, 3.05) is 30.3 Å². The predicted molar refractivity (Wildman–Crippen MR) is 117 cm³/mol. The molecule has 2 aliphatic heterocycles. The molecule has 0 aliphatic carbocycles. The Morgan fingerprint density at radius 3 is 2.87 bits per heavy atom. The molecule has 2 aliphatic rings. The fourth-order valence-corrected chi connectivity index (χ4v) is 4.50. The maximum absolute atomic E-state index is 12.3. The van der Waals surface area contributed by atoms with Crippen molar-refractivity contribution < 1.29 is 9.59 Å². The summed E-state index contributed by atoms with van der Waals surface area (Å²) in [6, 6.07) is 9.79. The molecule has 0 saturated carbocycles. The van der Waals surface area contributed by atoms with Crippen molar-refractivity contribution in [1.29, 1.82) is 0 Å². The number of carbonyl (C=O) groups is 2. The number of fused-ring (bicyclic) bond motifs is 2. The monoisotopic (exact) mass is 419 g/mol. The number of hydrogen-bond acceptors (Lipinski definition) is 6. The predicted octanol–water partition coefficient (Wildman–Crippen LogP) is 1.94. The summed E-state index contributed by atoms with van der Waals surface area (Å²) >= 11 is 0. The molecule has 1 aromatic carbocycles. The maximum atomic E-state index is 12.3. The average Bonchev–Trinajstić information content (AvgIpc) is 3.20. The van der Waals surface area contributed by atoms with Crippen molar-refractivity contribution in [1.82, 2.24) is 24.8 Å². The van der Waals surface area contributed by atoms with E-state index in [9.17, 15) is 9.59 Å². The standard InChI is InChI=1S/C22H25N7O2/c1-13-9-14(10-16-19(13)22(2,3)20(31)25-16)24-21-26-17-6-4-5-15(29(17)27-21)11-28-8-7-23-18(30)12-28/h4-6,9-10H,7-8,11-12H2,1-3H3,(H,23,30)(H,24,27)(H,25,31). The Hall–Kier alpha value is -3.46. The highest BCUT2D eigenvalue weighted by Gasteiger charge is 2.39. The largest absolute Gasteiger partial charge is 0.354 e. The summed E-state index contributed by atoms with van der Waals surface area (Å²) in [5.74, 6) is 0.526. The zero-order valence-electron chi connectivity index (χ0n) is 17.8. The Labute approximate surface area is 179 Å². The number of carbonyl (C=O) groups excluding carboxylic acids is 2. The van der Waals surface area contributed by atoms with E-state index in [1.807, 2.05) is 51.1 Å². The average molecular weight is 419 g/mol. The van der Waals surface area contributed by atoms with Crippen LogP contribution in [0.4, 0.5) is 17.3 Å². The molecule has 1 saturated heterocycles. The quantitative estimate of drug-likeness (QED) is 0.597. The molecular formula is C22H25N7O2. The van der Waals surface area contributed by atoms with E-state index in [2.05, 4.69) is 30.9 Å². The highest BCUT2D eigenvalue weighted by molar-refractivity contribution is 6.06. The Bertz CT molecular complexity index is 1210. The summed E-state index contributed by atoms with van der Waals surface area (Å²) < 4.78 is 1.81. The first-order valence-electron chi connectivity index (χ1n) is 10.4. The van der Waals surface area contributed by atoms with Gasteiger partial charge in [0.25, 0.3) is 0 Å². The van der Waals surface area contributed by atoms with Crippen LogP contribution in [0.25, 0.3) is 5.65 Å². The zero-order valence-corrected chi connectivity index (χ0v) is 17.8. The van der Waals surface area contributed by atoms with Gasteiger partial charge in [0.05, 0.1) is 17.7 Å². The number of aryl methyl sites for hydroxylation is 1. The first kappa shape index (κ1) is 19.5. The van der Waals surface area contributed by atoms with Crippen LogP contribution < -0.4 is 16.0 Å². The molecule has 9 heteroatoms. The van der Waals surface area contributed by atoms with Crippen molar-refractivity contribution >= 4 is 34.8 Å². The van der Waals surface area contributed by atoms with Crippen molar-refractivity contribution in [2.24, 2.45) is 0 Å². The van der Waals surface area contributed by atoms with Crippen LogP contribution >= 0.6 is 0 Å². The van der Waals surface area contributed by atoms with Gasteiger partial charge >= 0.3 is 0 Å². The Morgan fingerprint density at radius 2 is 2.06 bits per heavy atom. The highest BCUT2D eigenvalue weighted by Crippen LogP contribution is 2.41. The minimum absolute atomic E-state index is 0.00430. The number of anilines is 3. The normalized spacial score (nSPS) is 18.0. The fourth-order valence-electron chi connectivity index (χ4n) is 4.50. The SMILES string of the molecule is Cc1cc(Nc2nc3cccc(CN4CCNC(=O)C4)n3n2)cc2c1C(C)(C)C(=O)N2. The van der Waals surface area contributed by atoms with Gasteiger partial charge in [0.1, 0.15) is 0 Å². The summed E-state index contributed by atoms with van der Waals surface area (Å²) in [6.07, 6.45) is 0. The molecule has 0 spiro atoms. The van der Waals surface area contributed by atoms with Crippen LogP contribution in [0.5, 0.6) is 0 Å². The number of amides is 2. The molecule has 2 amide bonds. The third-order valence-corrected chi connectivity index (χ3v) is 5.97. The minimum Gasteiger partial charge on any atom is -0.354 e. The molecule has 3 N–H and O–H groups in total. The molecule has 9 nitrogen and oxygen atoms in total. The molecule has 0 bridgehead atoms.